The average Bonchev–Trinajstić information content (AvgIpc) is 2.05. The number of hydrogen-bond donors (Lipinski definition) is 0. The van der Waals surface area contributed by atoms with Gasteiger partial charge in [0.25, 0.3) is 0 Å². The molecule has 0 saturated carbocycles. The van der Waals surface area contributed by atoms with Crippen molar-refractivity contribution in [2.45, 2.75) is 27.7 Å². The van der Waals surface area contributed by atoms with Crippen LogP contribution in [0.2, 0.25) is 0 Å². The Bertz CT molecular complexity index is 260. The van der Waals surface area contributed by atoms with Crippen LogP contribution >= 0.6 is 22.6 Å². The summed E-state index contributed by atoms with van der Waals surface area (Å²) in [4.78, 5) is 4.18. The van der Waals surface area contributed by atoms with Crippen LogP contribution in [0.3, 0.4) is 0 Å². The van der Waals surface area contributed by atoms with E-state index in [1.807, 2.05) is 13.8 Å². The highest BCUT2D eigenvalue weighted by Crippen LogP contribution is 2.19. The fraction of sp³-hybridized carbons (Fsp3) is 0.500. The Kier molecular flexibility index (Phi) is 6.03. The molecule has 0 saturated heterocycles. The van der Waals surface area contributed by atoms with Gasteiger partial charge in [-0.15, -0.1) is 0 Å². The topological polar surface area (TPSA) is 21.6 Å². The van der Waals surface area contributed by atoms with Gasteiger partial charge >= 0.3 is 0 Å². The lowest BCUT2D eigenvalue weighted by Gasteiger charge is -2.10. The van der Waals surface area contributed by atoms with Crippen LogP contribution in [0.5, 0.6) is 0 Å². The van der Waals surface area contributed by atoms with Gasteiger partial charge in [0.05, 0.1) is 17.0 Å². The molecule has 0 atom stereocenters. The van der Waals surface area contributed by atoms with Gasteiger partial charge in [-0.25, -0.2) is 0 Å². The lowest BCUT2D eigenvalue weighted by Crippen LogP contribution is -1.94. The van der Waals surface area contributed by atoms with Crippen LogP contribution in [-0.2, 0) is 4.74 Å². The minimum atomic E-state index is 0.868. The number of ether oxygens (including phenoxy) is 1. The molecule has 0 unspecified atom stereocenters. The fourth-order valence-corrected chi connectivity index (χ4v) is 1.35. The summed E-state index contributed by atoms with van der Waals surface area (Å²) in [5.41, 5.74) is 3.32. The van der Waals surface area contributed by atoms with E-state index in [0.717, 1.165) is 17.0 Å². The molecule has 0 radical (unpaired) electrons. The molecule has 74 valence electrons. The summed E-state index contributed by atoms with van der Waals surface area (Å²) in [7, 11) is 1.67. The zero-order chi connectivity index (χ0) is 10.4. The highest BCUT2D eigenvalue weighted by molar-refractivity contribution is 14.1. The first kappa shape index (κ1) is 12.7. The number of aliphatic imine (C=N–C) groups is 1. The Labute approximate surface area is 93.9 Å². The zero-order valence-corrected chi connectivity index (χ0v) is 11.0. The molecule has 0 aromatic carbocycles. The van der Waals surface area contributed by atoms with E-state index < -0.39 is 0 Å². The summed E-state index contributed by atoms with van der Waals surface area (Å²) in [6, 6.07) is 0. The molecular formula is C10H16INO. The largest absolute Gasteiger partial charge is 0.495 e. The maximum Gasteiger partial charge on any atom is 0.142 e. The van der Waals surface area contributed by atoms with Gasteiger partial charge in [0, 0.05) is 0 Å². The fourth-order valence-electron chi connectivity index (χ4n) is 0.931. The molecular weight excluding hydrogens is 277 g/mol. The highest BCUT2D eigenvalue weighted by Gasteiger charge is 2.05. The molecule has 0 aromatic rings. The van der Waals surface area contributed by atoms with E-state index in [1.54, 1.807) is 11.3 Å². The van der Waals surface area contributed by atoms with Gasteiger partial charge in [-0.2, -0.15) is 0 Å². The molecule has 0 rings (SSSR count). The van der Waals surface area contributed by atoms with Crippen LogP contribution < -0.4 is 0 Å². The third-order valence-electron chi connectivity index (χ3n) is 1.87. The molecule has 0 aromatic heterocycles. The van der Waals surface area contributed by atoms with Gasteiger partial charge < -0.3 is 4.74 Å². The molecule has 0 aliphatic rings. The second-order valence-electron chi connectivity index (χ2n) is 2.97. The van der Waals surface area contributed by atoms with Gasteiger partial charge in [-0.1, -0.05) is 5.57 Å². The summed E-state index contributed by atoms with van der Waals surface area (Å²) >= 11 is 2.10. The van der Waals surface area contributed by atoms with Gasteiger partial charge in [0.15, 0.2) is 0 Å². The third-order valence-corrected chi connectivity index (χ3v) is 2.14. The van der Waals surface area contributed by atoms with Crippen molar-refractivity contribution < 1.29 is 4.74 Å². The van der Waals surface area contributed by atoms with Gasteiger partial charge in [0.2, 0.25) is 0 Å². The van der Waals surface area contributed by atoms with E-state index in [-0.39, 0.29) is 0 Å². The normalized spacial score (nSPS) is 12.8. The highest BCUT2D eigenvalue weighted by atomic mass is 127. The zero-order valence-electron chi connectivity index (χ0n) is 8.81. The second kappa shape index (κ2) is 6.18. The van der Waals surface area contributed by atoms with Crippen LogP contribution in [0, 0.1) is 0 Å². The summed E-state index contributed by atoms with van der Waals surface area (Å²) in [5.74, 6) is 0.868. The summed E-state index contributed by atoms with van der Waals surface area (Å²) < 4.78 is 7.03. The van der Waals surface area contributed by atoms with Crippen LogP contribution in [0.25, 0.3) is 0 Å². The molecule has 0 fully saturated rings. The van der Waals surface area contributed by atoms with Gasteiger partial charge in [-0.3, -0.25) is 4.99 Å². The maximum absolute atomic E-state index is 5.29. The molecule has 0 N–H and O–H groups in total. The Morgan fingerprint density at radius 2 is 1.77 bits per heavy atom. The number of halogens is 1. The SMILES string of the molecule is CO/C(C(C)=C(C)C)=C(\C)N=CI. The van der Waals surface area contributed by atoms with Crippen molar-refractivity contribution in [2.24, 2.45) is 4.99 Å². The first-order valence-electron chi connectivity index (χ1n) is 4.06. The van der Waals surface area contributed by atoms with E-state index in [0.29, 0.717) is 0 Å². The Balaban J connectivity index is 5.11. The number of rotatable bonds is 3. The molecule has 0 aliphatic carbocycles. The van der Waals surface area contributed by atoms with E-state index in [2.05, 4.69) is 41.4 Å². The summed E-state index contributed by atoms with van der Waals surface area (Å²) in [6.07, 6.45) is 0. The van der Waals surface area contributed by atoms with Crippen molar-refractivity contribution in [2.75, 3.05) is 7.11 Å². The molecule has 2 nitrogen and oxygen atoms in total. The quantitative estimate of drug-likeness (QED) is 0.336. The molecule has 13 heavy (non-hydrogen) atoms. The predicted octanol–water partition coefficient (Wildman–Crippen LogP) is 3.68. The third kappa shape index (κ3) is 3.93. The van der Waals surface area contributed by atoms with Crippen molar-refractivity contribution in [3.8, 4) is 0 Å². The Morgan fingerprint density at radius 1 is 1.23 bits per heavy atom. The number of methoxy groups -OCH3 is 1. The van der Waals surface area contributed by atoms with Gasteiger partial charge in [0.1, 0.15) is 5.76 Å². The van der Waals surface area contributed by atoms with Crippen LogP contribution in [0.4, 0.5) is 0 Å². The second-order valence-corrected chi connectivity index (χ2v) is 3.53. The van der Waals surface area contributed by atoms with E-state index in [9.17, 15) is 0 Å². The lowest BCUT2D eigenvalue weighted by atomic mass is 10.1. The number of allylic oxidation sites excluding steroid dienone is 3. The van der Waals surface area contributed by atoms with Gasteiger partial charge in [-0.05, 0) is 55.9 Å². The van der Waals surface area contributed by atoms with E-state index in [1.165, 1.54) is 5.57 Å². The first-order valence-corrected chi connectivity index (χ1v) is 5.31. The van der Waals surface area contributed by atoms with Crippen LogP contribution in [0.1, 0.15) is 27.7 Å². The van der Waals surface area contributed by atoms with E-state index in [4.69, 9.17) is 4.74 Å². The first-order chi connectivity index (χ1) is 6.04. The standard InChI is InChI=1S/C10H16INO/c1-7(2)8(3)10(13-5)9(4)12-6-11/h6H,1-5H3/b10-9+,12-6?. The van der Waals surface area contributed by atoms with Crippen molar-refractivity contribution in [3.05, 3.63) is 22.6 Å². The molecule has 0 aliphatic heterocycles. The van der Waals surface area contributed by atoms with E-state index >= 15 is 0 Å². The summed E-state index contributed by atoms with van der Waals surface area (Å²) in [5, 5.41) is 0. The molecule has 0 bridgehead atoms. The average molecular weight is 293 g/mol. The van der Waals surface area contributed by atoms with Crippen molar-refractivity contribution >= 4 is 26.8 Å². The summed E-state index contributed by atoms with van der Waals surface area (Å²) in [6.45, 7) is 8.12. The predicted molar refractivity (Wildman–Crippen MR) is 66.3 cm³/mol. The van der Waals surface area contributed by atoms with Crippen molar-refractivity contribution in [1.29, 1.82) is 0 Å². The molecule has 3 heteroatoms. The molecule has 0 amide bonds. The number of hydrogen-bond acceptors (Lipinski definition) is 2. The smallest absolute Gasteiger partial charge is 0.142 e. The van der Waals surface area contributed by atoms with Crippen LogP contribution in [-0.4, -0.2) is 11.3 Å². The molecule has 0 heterocycles. The van der Waals surface area contributed by atoms with Crippen LogP contribution in [0.15, 0.2) is 27.6 Å². The monoisotopic (exact) mass is 293 g/mol. The lowest BCUT2D eigenvalue weighted by molar-refractivity contribution is 0.295. The maximum atomic E-state index is 5.29. The number of nitrogens with zero attached hydrogens (tertiary/aromatic N) is 1. The van der Waals surface area contributed by atoms with Crippen molar-refractivity contribution in [3.63, 3.8) is 0 Å². The minimum Gasteiger partial charge on any atom is -0.495 e. The minimum absolute atomic E-state index is 0.868. The Hall–Kier alpha value is -0.320. The van der Waals surface area contributed by atoms with Crippen molar-refractivity contribution in [1.82, 2.24) is 0 Å². The Morgan fingerprint density at radius 3 is 2.08 bits per heavy atom. The molecule has 0 spiro atoms.